The van der Waals surface area contributed by atoms with Gasteiger partial charge in [0, 0.05) is 23.5 Å². The minimum Gasteiger partial charge on any atom is -0.469 e. The average molecular weight is 341 g/mol. The first kappa shape index (κ1) is 15.2. The fraction of sp³-hybridized carbons (Fsp3) is 0.136. The Morgan fingerprint density at radius 1 is 0.962 bits per heavy atom. The summed E-state index contributed by atoms with van der Waals surface area (Å²) in [4.78, 5) is 4.13. The summed E-state index contributed by atoms with van der Waals surface area (Å²) in [5.74, 6) is 0.929. The predicted octanol–water partition coefficient (Wildman–Crippen LogP) is 4.38. The van der Waals surface area contributed by atoms with Gasteiger partial charge < -0.3 is 10.2 Å². The highest BCUT2D eigenvalue weighted by Gasteiger charge is 2.39. The topological polar surface area (TPSA) is 37.4 Å². The lowest BCUT2D eigenvalue weighted by Gasteiger charge is -2.38. The van der Waals surface area contributed by atoms with Gasteiger partial charge in [0.15, 0.2) is 6.23 Å². The highest BCUT2D eigenvalue weighted by molar-refractivity contribution is 5.67. The van der Waals surface area contributed by atoms with Gasteiger partial charge in [0.2, 0.25) is 0 Å². The number of pyridine rings is 1. The Morgan fingerprint density at radius 2 is 1.73 bits per heavy atom. The summed E-state index contributed by atoms with van der Waals surface area (Å²) in [5.41, 5.74) is 9.36. The Labute approximate surface area is 152 Å². The van der Waals surface area contributed by atoms with E-state index in [1.807, 2.05) is 24.3 Å². The molecule has 4 heteroatoms. The van der Waals surface area contributed by atoms with Crippen molar-refractivity contribution >= 4 is 5.70 Å². The van der Waals surface area contributed by atoms with Crippen LogP contribution in [0.2, 0.25) is 0 Å². The summed E-state index contributed by atoms with van der Waals surface area (Å²) in [6, 6.07) is 21.0. The Bertz CT molecular complexity index is 966. The molecule has 0 fully saturated rings. The Kier molecular flexibility index (Phi) is 3.50. The maximum Gasteiger partial charge on any atom is 0.196 e. The molecular formula is C22H19N3O. The van der Waals surface area contributed by atoms with Gasteiger partial charge in [-0.15, -0.1) is 0 Å². The third-order valence-electron chi connectivity index (χ3n) is 4.96. The second-order valence-corrected chi connectivity index (χ2v) is 6.70. The Balaban J connectivity index is 1.58. The summed E-state index contributed by atoms with van der Waals surface area (Å²) in [7, 11) is 0. The SMILES string of the molecule is Cc1ccc(C2=CC3c4ccccc4OC(c4ccncc4)N3N2)cc1. The van der Waals surface area contributed by atoms with Crippen molar-refractivity contribution in [2.45, 2.75) is 19.2 Å². The van der Waals surface area contributed by atoms with Gasteiger partial charge in [-0.2, -0.15) is 5.01 Å². The summed E-state index contributed by atoms with van der Waals surface area (Å²) in [6.07, 6.45) is 5.68. The molecule has 1 N–H and O–H groups in total. The maximum atomic E-state index is 6.34. The molecule has 3 heterocycles. The van der Waals surface area contributed by atoms with Crippen LogP contribution in [0.4, 0.5) is 0 Å². The van der Waals surface area contributed by atoms with E-state index in [1.54, 1.807) is 12.4 Å². The molecule has 0 aliphatic carbocycles. The smallest absolute Gasteiger partial charge is 0.196 e. The van der Waals surface area contributed by atoms with Crippen molar-refractivity contribution in [3.05, 3.63) is 101 Å². The largest absolute Gasteiger partial charge is 0.469 e. The van der Waals surface area contributed by atoms with Crippen molar-refractivity contribution in [3.8, 4) is 5.75 Å². The first-order valence-corrected chi connectivity index (χ1v) is 8.79. The van der Waals surface area contributed by atoms with Gasteiger partial charge in [-0.05, 0) is 36.8 Å². The molecule has 0 saturated carbocycles. The van der Waals surface area contributed by atoms with Crippen LogP contribution in [0.15, 0.2) is 79.1 Å². The number of para-hydroxylation sites is 1. The van der Waals surface area contributed by atoms with Crippen molar-refractivity contribution in [3.63, 3.8) is 0 Å². The zero-order valence-corrected chi connectivity index (χ0v) is 14.5. The van der Waals surface area contributed by atoms with E-state index in [0.29, 0.717) is 0 Å². The lowest BCUT2D eigenvalue weighted by atomic mass is 10.0. The minimum absolute atomic E-state index is 0.120. The molecule has 2 atom stereocenters. The van der Waals surface area contributed by atoms with Crippen LogP contribution in [-0.2, 0) is 0 Å². The zero-order valence-electron chi connectivity index (χ0n) is 14.5. The Morgan fingerprint density at radius 3 is 2.54 bits per heavy atom. The molecule has 4 nitrogen and oxygen atoms in total. The van der Waals surface area contributed by atoms with E-state index >= 15 is 0 Å². The lowest BCUT2D eigenvalue weighted by molar-refractivity contribution is -0.0326. The van der Waals surface area contributed by atoms with Crippen molar-refractivity contribution < 1.29 is 4.74 Å². The predicted molar refractivity (Wildman–Crippen MR) is 101 cm³/mol. The highest BCUT2D eigenvalue weighted by Crippen LogP contribution is 2.45. The molecule has 2 aromatic carbocycles. The third kappa shape index (κ3) is 2.47. The van der Waals surface area contributed by atoms with Crippen molar-refractivity contribution in [2.24, 2.45) is 0 Å². The van der Waals surface area contributed by atoms with Gasteiger partial charge in [0.05, 0.1) is 11.7 Å². The Hall–Kier alpha value is -3.11. The molecule has 0 amide bonds. The molecule has 128 valence electrons. The number of aryl methyl sites for hydroxylation is 1. The fourth-order valence-corrected chi connectivity index (χ4v) is 3.59. The molecule has 2 aliphatic heterocycles. The molecule has 0 spiro atoms. The number of ether oxygens (including phenoxy) is 1. The zero-order chi connectivity index (χ0) is 17.5. The lowest BCUT2D eigenvalue weighted by Crippen LogP contribution is -2.43. The van der Waals surface area contributed by atoms with Crippen LogP contribution in [0.5, 0.6) is 5.75 Å². The maximum absolute atomic E-state index is 6.34. The van der Waals surface area contributed by atoms with Crippen LogP contribution in [-0.4, -0.2) is 9.99 Å². The van der Waals surface area contributed by atoms with E-state index in [1.165, 1.54) is 16.7 Å². The number of nitrogens with zero attached hydrogens (tertiary/aromatic N) is 2. The van der Waals surface area contributed by atoms with E-state index in [4.69, 9.17) is 4.74 Å². The third-order valence-corrected chi connectivity index (χ3v) is 4.96. The van der Waals surface area contributed by atoms with Gasteiger partial charge >= 0.3 is 0 Å². The standard InChI is InChI=1S/C22H19N3O/c1-15-6-8-16(9-7-15)19-14-20-18-4-2-3-5-21(18)26-22(25(20)24-19)17-10-12-23-13-11-17/h2-14,20,22,24H,1H3. The van der Waals surface area contributed by atoms with E-state index < -0.39 is 0 Å². The van der Waals surface area contributed by atoms with Crippen LogP contribution in [0, 0.1) is 6.92 Å². The number of hydrazine groups is 1. The van der Waals surface area contributed by atoms with Crippen molar-refractivity contribution in [1.29, 1.82) is 0 Å². The van der Waals surface area contributed by atoms with Gasteiger partial charge in [-0.25, -0.2) is 0 Å². The molecule has 0 radical (unpaired) electrons. The van der Waals surface area contributed by atoms with E-state index in [-0.39, 0.29) is 12.3 Å². The first-order chi connectivity index (χ1) is 12.8. The highest BCUT2D eigenvalue weighted by atomic mass is 16.5. The fourth-order valence-electron chi connectivity index (χ4n) is 3.59. The minimum atomic E-state index is -0.211. The van der Waals surface area contributed by atoms with Crippen molar-refractivity contribution in [2.75, 3.05) is 0 Å². The molecule has 1 aromatic heterocycles. The molecule has 5 rings (SSSR count). The summed E-state index contributed by atoms with van der Waals surface area (Å²) < 4.78 is 6.34. The van der Waals surface area contributed by atoms with E-state index in [0.717, 1.165) is 17.0 Å². The molecule has 26 heavy (non-hydrogen) atoms. The van der Waals surface area contributed by atoms with Crippen LogP contribution < -0.4 is 10.2 Å². The quantitative estimate of drug-likeness (QED) is 0.750. The molecule has 2 unspecified atom stereocenters. The van der Waals surface area contributed by atoms with Gasteiger partial charge in [0.25, 0.3) is 0 Å². The molecular weight excluding hydrogens is 322 g/mol. The number of nitrogens with one attached hydrogen (secondary N) is 1. The second kappa shape index (κ2) is 6.00. The normalized spacial score (nSPS) is 21.2. The number of rotatable bonds is 2. The second-order valence-electron chi connectivity index (χ2n) is 6.70. The summed E-state index contributed by atoms with van der Waals surface area (Å²) >= 11 is 0. The van der Waals surface area contributed by atoms with Crippen LogP contribution in [0.25, 0.3) is 5.70 Å². The monoisotopic (exact) mass is 341 g/mol. The average Bonchev–Trinajstić information content (AvgIpc) is 3.14. The van der Waals surface area contributed by atoms with Crippen LogP contribution in [0.1, 0.15) is 34.5 Å². The number of fused-ring (bicyclic) bond motifs is 3. The molecule has 0 bridgehead atoms. The van der Waals surface area contributed by atoms with Gasteiger partial charge in [0.1, 0.15) is 5.75 Å². The van der Waals surface area contributed by atoms with E-state index in [2.05, 4.69) is 64.8 Å². The summed E-state index contributed by atoms with van der Waals surface area (Å²) in [5, 5.41) is 2.17. The number of benzene rings is 2. The van der Waals surface area contributed by atoms with Crippen molar-refractivity contribution in [1.82, 2.24) is 15.4 Å². The summed E-state index contributed by atoms with van der Waals surface area (Å²) in [6.45, 7) is 2.10. The van der Waals surface area contributed by atoms with Gasteiger partial charge in [-0.1, -0.05) is 48.0 Å². The van der Waals surface area contributed by atoms with Gasteiger partial charge in [-0.3, -0.25) is 4.98 Å². The molecule has 2 aliphatic rings. The molecule has 0 saturated heterocycles. The molecule has 3 aromatic rings. The number of hydrogen-bond acceptors (Lipinski definition) is 4. The first-order valence-electron chi connectivity index (χ1n) is 8.79. The van der Waals surface area contributed by atoms with Crippen LogP contribution in [0.3, 0.4) is 0 Å². The van der Waals surface area contributed by atoms with E-state index in [9.17, 15) is 0 Å². The number of aromatic nitrogens is 1. The van der Waals surface area contributed by atoms with Crippen LogP contribution >= 0.6 is 0 Å². The number of hydrogen-bond donors (Lipinski definition) is 1.